The van der Waals surface area contributed by atoms with Gasteiger partial charge in [-0.15, -0.1) is 13.2 Å². The predicted octanol–water partition coefficient (Wildman–Crippen LogP) is 1.78. The number of fused-ring (bicyclic) bond motifs is 1. The van der Waals surface area contributed by atoms with Crippen LogP contribution in [0.5, 0.6) is 5.75 Å². The van der Waals surface area contributed by atoms with Crippen LogP contribution in [0.25, 0.3) is 0 Å². The van der Waals surface area contributed by atoms with Crippen LogP contribution < -0.4 is 10.5 Å². The Balaban J connectivity index is 0.00000106. The molecular weight excluding hydrogens is 266 g/mol. The average Bonchev–Trinajstić information content (AvgIpc) is 2.65. The van der Waals surface area contributed by atoms with Crippen LogP contribution in [0.3, 0.4) is 0 Å². The average molecular weight is 289 g/mol. The van der Waals surface area contributed by atoms with Crippen molar-refractivity contribution in [3.63, 3.8) is 0 Å². The molecule has 2 N–H and O–H groups in total. The van der Waals surface area contributed by atoms with Crippen LogP contribution in [-0.4, -0.2) is 43.9 Å². The zero-order valence-electron chi connectivity index (χ0n) is 12.9. The first-order valence-electron chi connectivity index (χ1n) is 6.79. The van der Waals surface area contributed by atoms with Crippen molar-refractivity contribution < 1.29 is 9.53 Å². The first-order chi connectivity index (χ1) is 10.0. The van der Waals surface area contributed by atoms with E-state index in [-0.39, 0.29) is 11.8 Å². The van der Waals surface area contributed by atoms with E-state index in [9.17, 15) is 4.79 Å². The Kier molecular flexibility index (Phi) is 5.96. The molecule has 1 aromatic carbocycles. The molecule has 1 atom stereocenters. The third-order valence-electron chi connectivity index (χ3n) is 3.43. The lowest BCUT2D eigenvalue weighted by atomic mass is 9.98. The van der Waals surface area contributed by atoms with Crippen molar-refractivity contribution in [1.29, 1.82) is 0 Å². The molecule has 1 amide bonds. The van der Waals surface area contributed by atoms with Crippen LogP contribution in [0, 0.1) is 0 Å². The van der Waals surface area contributed by atoms with Gasteiger partial charge in [-0.1, -0.05) is 6.07 Å². The molecule has 1 heterocycles. The van der Waals surface area contributed by atoms with Gasteiger partial charge in [-0.05, 0) is 24.6 Å². The Morgan fingerprint density at radius 2 is 2.14 bits per heavy atom. The number of nitrogens with zero attached hydrogens (tertiary/aromatic N) is 2. The Labute approximate surface area is 126 Å². The number of carbonyl (C=O) groups is 1. The van der Waals surface area contributed by atoms with Crippen molar-refractivity contribution in [3.05, 3.63) is 42.5 Å². The fourth-order valence-corrected chi connectivity index (χ4v) is 2.17. The summed E-state index contributed by atoms with van der Waals surface area (Å²) in [6.07, 6.45) is 0. The summed E-state index contributed by atoms with van der Waals surface area (Å²) in [5.74, 6) is 0.994. The topological polar surface area (TPSA) is 67.9 Å². The molecular formula is C16H23N3O2. The van der Waals surface area contributed by atoms with Crippen LogP contribution in [0.1, 0.15) is 24.0 Å². The maximum atomic E-state index is 11.3. The number of rotatable bonds is 2. The zero-order valence-corrected chi connectivity index (χ0v) is 12.9. The highest BCUT2D eigenvalue weighted by atomic mass is 16.5. The molecule has 0 radical (unpaired) electrons. The zero-order chi connectivity index (χ0) is 16.0. The molecule has 0 aliphatic carbocycles. The van der Waals surface area contributed by atoms with Gasteiger partial charge < -0.3 is 15.4 Å². The van der Waals surface area contributed by atoms with Crippen LogP contribution in [-0.2, 0) is 4.79 Å². The molecule has 1 aliphatic heterocycles. The van der Waals surface area contributed by atoms with Gasteiger partial charge in [0.2, 0.25) is 5.91 Å². The summed E-state index contributed by atoms with van der Waals surface area (Å²) < 4.78 is 5.75. The number of hydrogen-bond acceptors (Lipinski definition) is 3. The lowest BCUT2D eigenvalue weighted by molar-refractivity contribution is -0.119. The molecule has 0 saturated carbocycles. The number of aliphatic imine (C=N–C) groups is 1. The SMILES string of the molecule is C=C.CN=C1c2ccc([C@H](C)C(N)=O)cc2OCCN1C. The number of carbonyl (C=O) groups excluding carboxylic acids is 1. The van der Waals surface area contributed by atoms with Gasteiger partial charge in [0.15, 0.2) is 0 Å². The third-order valence-corrected chi connectivity index (χ3v) is 3.43. The summed E-state index contributed by atoms with van der Waals surface area (Å²) in [5, 5.41) is 0. The number of amides is 1. The second-order valence-corrected chi connectivity index (χ2v) is 4.70. The van der Waals surface area contributed by atoms with Crippen molar-refractivity contribution in [2.45, 2.75) is 12.8 Å². The molecule has 0 bridgehead atoms. The van der Waals surface area contributed by atoms with Crippen molar-refractivity contribution in [2.75, 3.05) is 27.2 Å². The van der Waals surface area contributed by atoms with E-state index in [0.29, 0.717) is 6.61 Å². The number of amidine groups is 1. The molecule has 5 nitrogen and oxygen atoms in total. The first kappa shape index (κ1) is 16.8. The molecule has 2 rings (SSSR count). The van der Waals surface area contributed by atoms with Crippen molar-refractivity contribution in [1.82, 2.24) is 4.90 Å². The Bertz CT molecular complexity index is 540. The molecule has 1 aromatic rings. The second kappa shape index (κ2) is 7.47. The van der Waals surface area contributed by atoms with Gasteiger partial charge in [0, 0.05) is 14.1 Å². The molecule has 0 spiro atoms. The lowest BCUT2D eigenvalue weighted by Gasteiger charge is -2.17. The minimum Gasteiger partial charge on any atom is -0.491 e. The minimum atomic E-state index is -0.338. The van der Waals surface area contributed by atoms with Gasteiger partial charge in [0.05, 0.1) is 18.0 Å². The van der Waals surface area contributed by atoms with E-state index in [0.717, 1.165) is 29.3 Å². The number of ether oxygens (including phenoxy) is 1. The highest BCUT2D eigenvalue weighted by Gasteiger charge is 2.21. The molecule has 0 fully saturated rings. The molecule has 1 aliphatic rings. The first-order valence-corrected chi connectivity index (χ1v) is 6.79. The van der Waals surface area contributed by atoms with Crippen molar-refractivity contribution in [2.24, 2.45) is 10.7 Å². The predicted molar refractivity (Wildman–Crippen MR) is 85.9 cm³/mol. The number of benzene rings is 1. The summed E-state index contributed by atoms with van der Waals surface area (Å²) in [4.78, 5) is 17.6. The molecule has 0 saturated heterocycles. The summed E-state index contributed by atoms with van der Waals surface area (Å²) in [6, 6.07) is 5.73. The third kappa shape index (κ3) is 3.62. The Morgan fingerprint density at radius 1 is 1.48 bits per heavy atom. The van der Waals surface area contributed by atoms with E-state index in [1.54, 1.807) is 14.0 Å². The van der Waals surface area contributed by atoms with Crippen LogP contribution in [0.2, 0.25) is 0 Å². The fraction of sp³-hybridized carbons (Fsp3) is 0.375. The smallest absolute Gasteiger partial charge is 0.224 e. The fourth-order valence-electron chi connectivity index (χ4n) is 2.17. The van der Waals surface area contributed by atoms with Crippen molar-refractivity contribution in [3.8, 4) is 5.75 Å². The van der Waals surface area contributed by atoms with Crippen LogP contribution in [0.15, 0.2) is 36.3 Å². The van der Waals surface area contributed by atoms with Gasteiger partial charge in [-0.3, -0.25) is 9.79 Å². The standard InChI is InChI=1S/C14H19N3O2.C2H4/c1-9(13(15)18)10-4-5-11-12(8-10)19-7-6-17(3)14(11)16-2;1-2/h4-5,8-9H,6-7H2,1-3H3,(H2,15,18);1-2H2/t9-;/m0./s1. The van der Waals surface area contributed by atoms with Gasteiger partial charge >= 0.3 is 0 Å². The summed E-state index contributed by atoms with van der Waals surface area (Å²) in [6.45, 7) is 9.17. The summed E-state index contributed by atoms with van der Waals surface area (Å²) in [5.41, 5.74) is 7.15. The molecule has 21 heavy (non-hydrogen) atoms. The Morgan fingerprint density at radius 3 is 2.71 bits per heavy atom. The maximum Gasteiger partial charge on any atom is 0.224 e. The van der Waals surface area contributed by atoms with E-state index in [1.807, 2.05) is 25.2 Å². The second-order valence-electron chi connectivity index (χ2n) is 4.70. The summed E-state index contributed by atoms with van der Waals surface area (Å²) >= 11 is 0. The highest BCUT2D eigenvalue weighted by Crippen LogP contribution is 2.27. The van der Waals surface area contributed by atoms with Gasteiger partial charge in [-0.2, -0.15) is 0 Å². The van der Waals surface area contributed by atoms with Crippen LogP contribution >= 0.6 is 0 Å². The lowest BCUT2D eigenvalue weighted by Crippen LogP contribution is -2.28. The van der Waals surface area contributed by atoms with Crippen molar-refractivity contribution >= 4 is 11.7 Å². The van der Waals surface area contributed by atoms with E-state index in [2.05, 4.69) is 23.1 Å². The maximum absolute atomic E-state index is 11.3. The number of nitrogens with two attached hydrogens (primary N) is 1. The molecule has 0 unspecified atom stereocenters. The number of hydrogen-bond donors (Lipinski definition) is 1. The van der Waals surface area contributed by atoms with E-state index >= 15 is 0 Å². The quantitative estimate of drug-likeness (QED) is 0.844. The van der Waals surface area contributed by atoms with E-state index in [1.165, 1.54) is 0 Å². The van der Waals surface area contributed by atoms with E-state index in [4.69, 9.17) is 10.5 Å². The summed E-state index contributed by atoms with van der Waals surface area (Å²) in [7, 11) is 3.75. The van der Waals surface area contributed by atoms with Gasteiger partial charge in [0.1, 0.15) is 18.2 Å². The largest absolute Gasteiger partial charge is 0.491 e. The highest BCUT2D eigenvalue weighted by molar-refractivity contribution is 6.01. The molecule has 0 aromatic heterocycles. The Hall–Kier alpha value is -2.30. The van der Waals surface area contributed by atoms with Gasteiger partial charge in [0.25, 0.3) is 0 Å². The van der Waals surface area contributed by atoms with Crippen LogP contribution in [0.4, 0.5) is 0 Å². The monoisotopic (exact) mass is 289 g/mol. The van der Waals surface area contributed by atoms with E-state index < -0.39 is 0 Å². The molecule has 114 valence electrons. The number of likely N-dealkylation sites (N-methyl/N-ethyl adjacent to an activating group) is 1. The van der Waals surface area contributed by atoms with Gasteiger partial charge in [-0.25, -0.2) is 0 Å². The minimum absolute atomic E-state index is 0.322. The molecule has 5 heteroatoms. The normalized spacial score (nSPS) is 16.9. The number of primary amides is 1.